The fourth-order valence-electron chi connectivity index (χ4n) is 4.41. The zero-order valence-electron chi connectivity index (χ0n) is 19.0. The van der Waals surface area contributed by atoms with Gasteiger partial charge in [0.1, 0.15) is 11.3 Å². The number of carbonyl (C=O) groups excluding carboxylic acids is 3. The van der Waals surface area contributed by atoms with Crippen LogP contribution in [0.4, 0.5) is 5.69 Å². The van der Waals surface area contributed by atoms with Gasteiger partial charge in [-0.3, -0.25) is 19.2 Å². The van der Waals surface area contributed by atoms with Gasteiger partial charge in [0.05, 0.1) is 5.52 Å². The number of anilines is 1. The number of para-hydroxylation sites is 1. The van der Waals surface area contributed by atoms with Crippen molar-refractivity contribution in [2.24, 2.45) is 7.05 Å². The highest BCUT2D eigenvalue weighted by Crippen LogP contribution is 2.30. The second-order valence-electron chi connectivity index (χ2n) is 8.39. The predicted octanol–water partition coefficient (Wildman–Crippen LogP) is 4.22. The van der Waals surface area contributed by atoms with Crippen LogP contribution in [0.3, 0.4) is 0 Å². The molecule has 0 aliphatic heterocycles. The average Bonchev–Trinajstić information content (AvgIpc) is 2.86. The van der Waals surface area contributed by atoms with E-state index in [1.165, 1.54) is 10.6 Å². The van der Waals surface area contributed by atoms with Crippen molar-refractivity contribution >= 4 is 33.9 Å². The molecule has 4 aromatic rings. The highest BCUT2D eigenvalue weighted by atomic mass is 16.3. The number of pyridine rings is 1. The standard InChI is InChI=1S/C28H20N2O5/c1-15(13-23(31)24-27(34)20-9-5-6-10-22(20)30(2)28(24)35)29-16-11-12-19-21(14-16)26(33)18-8-4-3-7-17(18)25(19)32/h3-14,29,34H,1-2H3/b15-13+. The van der Waals surface area contributed by atoms with Crippen molar-refractivity contribution in [2.45, 2.75) is 6.92 Å². The minimum Gasteiger partial charge on any atom is -0.506 e. The molecule has 0 atom stereocenters. The molecule has 7 nitrogen and oxygen atoms in total. The Labute approximate surface area is 200 Å². The quantitative estimate of drug-likeness (QED) is 0.305. The summed E-state index contributed by atoms with van der Waals surface area (Å²) in [6.07, 6.45) is 1.22. The molecule has 0 amide bonds. The fourth-order valence-corrected chi connectivity index (χ4v) is 4.41. The van der Waals surface area contributed by atoms with E-state index in [1.807, 2.05) is 0 Å². The Morgan fingerprint density at radius 3 is 2.17 bits per heavy atom. The third-order valence-corrected chi connectivity index (χ3v) is 6.14. The predicted molar refractivity (Wildman–Crippen MR) is 132 cm³/mol. The van der Waals surface area contributed by atoms with Crippen LogP contribution in [-0.2, 0) is 7.05 Å². The van der Waals surface area contributed by atoms with Gasteiger partial charge in [0, 0.05) is 52.1 Å². The summed E-state index contributed by atoms with van der Waals surface area (Å²) in [6.45, 7) is 1.63. The van der Waals surface area contributed by atoms with Crippen LogP contribution in [0.5, 0.6) is 5.75 Å². The Bertz CT molecular complexity index is 1680. The van der Waals surface area contributed by atoms with Crippen molar-refractivity contribution in [1.82, 2.24) is 4.57 Å². The molecule has 0 unspecified atom stereocenters. The number of aromatic hydroxyl groups is 1. The molecule has 0 bridgehead atoms. The molecule has 0 saturated carbocycles. The Kier molecular flexibility index (Phi) is 5.17. The number of nitrogens with one attached hydrogen (secondary N) is 1. The van der Waals surface area contributed by atoms with Crippen LogP contribution in [0, 0.1) is 0 Å². The van der Waals surface area contributed by atoms with Crippen LogP contribution in [0.1, 0.15) is 49.1 Å². The number of rotatable bonds is 4. The number of ketones is 3. The lowest BCUT2D eigenvalue weighted by atomic mass is 9.84. The van der Waals surface area contributed by atoms with Crippen LogP contribution >= 0.6 is 0 Å². The minimum absolute atomic E-state index is 0.216. The summed E-state index contributed by atoms with van der Waals surface area (Å²) in [4.78, 5) is 51.5. The molecule has 0 saturated heterocycles. The van der Waals surface area contributed by atoms with E-state index in [9.17, 15) is 24.3 Å². The van der Waals surface area contributed by atoms with Crippen molar-refractivity contribution in [3.63, 3.8) is 0 Å². The first-order chi connectivity index (χ1) is 16.8. The van der Waals surface area contributed by atoms with Crippen molar-refractivity contribution in [2.75, 3.05) is 5.32 Å². The highest BCUT2D eigenvalue weighted by Gasteiger charge is 2.29. The molecule has 5 rings (SSSR count). The summed E-state index contributed by atoms with van der Waals surface area (Å²) in [5.41, 5.74) is 1.81. The van der Waals surface area contributed by atoms with Crippen molar-refractivity contribution in [3.8, 4) is 5.75 Å². The summed E-state index contributed by atoms with van der Waals surface area (Å²) < 4.78 is 1.32. The van der Waals surface area contributed by atoms with Gasteiger partial charge in [-0.15, -0.1) is 0 Å². The summed E-state index contributed by atoms with van der Waals surface area (Å²) in [6, 6.07) is 18.3. The number of fused-ring (bicyclic) bond motifs is 3. The molecule has 3 aromatic carbocycles. The van der Waals surface area contributed by atoms with Crippen LogP contribution in [0.15, 0.2) is 83.3 Å². The Morgan fingerprint density at radius 2 is 1.46 bits per heavy atom. The van der Waals surface area contributed by atoms with Gasteiger partial charge in [0.25, 0.3) is 5.56 Å². The molecule has 0 radical (unpaired) electrons. The van der Waals surface area contributed by atoms with E-state index in [-0.39, 0.29) is 28.4 Å². The van der Waals surface area contributed by atoms with Crippen molar-refractivity contribution in [3.05, 3.63) is 117 Å². The van der Waals surface area contributed by atoms with E-state index in [4.69, 9.17) is 0 Å². The largest absolute Gasteiger partial charge is 0.506 e. The topological polar surface area (TPSA) is 105 Å². The zero-order valence-corrected chi connectivity index (χ0v) is 19.0. The highest BCUT2D eigenvalue weighted by molar-refractivity contribution is 6.28. The maximum absolute atomic E-state index is 13.0. The molecule has 7 heteroatoms. The number of hydrogen-bond donors (Lipinski definition) is 2. The van der Waals surface area contributed by atoms with Crippen molar-refractivity contribution in [1.29, 1.82) is 0 Å². The van der Waals surface area contributed by atoms with Crippen LogP contribution in [-0.4, -0.2) is 27.0 Å². The van der Waals surface area contributed by atoms with Gasteiger partial charge in [0.2, 0.25) is 0 Å². The maximum atomic E-state index is 13.0. The lowest BCUT2D eigenvalue weighted by molar-refractivity contribution is 0.0979. The Morgan fingerprint density at radius 1 is 0.857 bits per heavy atom. The van der Waals surface area contributed by atoms with E-state index in [2.05, 4.69) is 5.32 Å². The van der Waals surface area contributed by atoms with Crippen molar-refractivity contribution < 1.29 is 19.5 Å². The lowest BCUT2D eigenvalue weighted by Crippen LogP contribution is -2.24. The number of allylic oxidation sites excluding steroid dienone is 2. The molecule has 1 aliphatic rings. The van der Waals surface area contributed by atoms with Gasteiger partial charge in [0.15, 0.2) is 17.3 Å². The molecule has 1 heterocycles. The normalized spacial score (nSPS) is 12.9. The number of hydrogen-bond acceptors (Lipinski definition) is 6. The summed E-state index contributed by atoms with van der Waals surface area (Å²) in [5.74, 6) is -1.49. The fraction of sp³-hybridized carbons (Fsp3) is 0.0714. The number of nitrogens with zero attached hydrogens (tertiary/aromatic N) is 1. The average molecular weight is 464 g/mol. The Hall–Kier alpha value is -4.78. The van der Waals surface area contributed by atoms with Gasteiger partial charge in [-0.2, -0.15) is 0 Å². The zero-order chi connectivity index (χ0) is 24.9. The van der Waals surface area contributed by atoms with Gasteiger partial charge >= 0.3 is 0 Å². The first-order valence-corrected chi connectivity index (χ1v) is 10.9. The molecule has 1 aromatic heterocycles. The van der Waals surface area contributed by atoms with Crippen LogP contribution in [0.2, 0.25) is 0 Å². The van der Waals surface area contributed by atoms with E-state index in [0.29, 0.717) is 39.0 Å². The second-order valence-corrected chi connectivity index (χ2v) is 8.39. The van der Waals surface area contributed by atoms with E-state index in [1.54, 1.807) is 80.7 Å². The molecule has 35 heavy (non-hydrogen) atoms. The number of aryl methyl sites for hydroxylation is 1. The lowest BCUT2D eigenvalue weighted by Gasteiger charge is -2.18. The number of carbonyl (C=O) groups is 3. The van der Waals surface area contributed by atoms with Gasteiger partial charge in [-0.1, -0.05) is 36.4 Å². The molecule has 172 valence electrons. The molecular weight excluding hydrogens is 444 g/mol. The molecular formula is C28H20N2O5. The number of benzene rings is 3. The van der Waals surface area contributed by atoms with Crippen LogP contribution in [0.25, 0.3) is 10.9 Å². The second kappa shape index (κ2) is 8.22. The Balaban J connectivity index is 1.47. The molecule has 2 N–H and O–H groups in total. The maximum Gasteiger partial charge on any atom is 0.265 e. The first kappa shape index (κ1) is 22.0. The number of aromatic nitrogens is 1. The van der Waals surface area contributed by atoms with Gasteiger partial charge in [-0.25, -0.2) is 0 Å². The minimum atomic E-state index is -0.656. The van der Waals surface area contributed by atoms with E-state index < -0.39 is 11.3 Å². The summed E-state index contributed by atoms with van der Waals surface area (Å²) in [7, 11) is 1.54. The van der Waals surface area contributed by atoms with Crippen LogP contribution < -0.4 is 10.9 Å². The van der Waals surface area contributed by atoms with Gasteiger partial charge in [-0.05, 0) is 37.3 Å². The van der Waals surface area contributed by atoms with Gasteiger partial charge < -0.3 is 15.0 Å². The third-order valence-electron chi connectivity index (χ3n) is 6.14. The summed E-state index contributed by atoms with van der Waals surface area (Å²) in [5, 5.41) is 14.1. The monoisotopic (exact) mass is 464 g/mol. The smallest absolute Gasteiger partial charge is 0.265 e. The molecule has 0 spiro atoms. The van der Waals surface area contributed by atoms with E-state index >= 15 is 0 Å². The molecule has 1 aliphatic carbocycles. The third kappa shape index (κ3) is 3.54. The SMILES string of the molecule is C/C(=C\C(=O)c1c(O)c2ccccc2n(C)c1=O)Nc1ccc2c(c1)C(=O)c1ccccc1C2=O. The summed E-state index contributed by atoms with van der Waals surface area (Å²) >= 11 is 0. The van der Waals surface area contributed by atoms with E-state index in [0.717, 1.165) is 0 Å². The first-order valence-electron chi connectivity index (χ1n) is 10.9. The molecule has 0 fully saturated rings.